The van der Waals surface area contributed by atoms with Crippen molar-refractivity contribution in [1.82, 2.24) is 0 Å². The molecule has 3 aromatic carbocycles. The van der Waals surface area contributed by atoms with Crippen molar-refractivity contribution in [2.24, 2.45) is 0 Å². The predicted octanol–water partition coefficient (Wildman–Crippen LogP) is 6.45. The zero-order valence-electron chi connectivity index (χ0n) is 19.7. The number of ether oxygens (including phenoxy) is 2. The molecule has 0 radical (unpaired) electrons. The normalized spacial score (nSPS) is 14.9. The van der Waals surface area contributed by atoms with Gasteiger partial charge in [0.2, 0.25) is 5.69 Å². The first-order valence-corrected chi connectivity index (χ1v) is 10.8. The van der Waals surface area contributed by atoms with E-state index in [2.05, 4.69) is 92.0 Å². The largest absolute Gasteiger partial charge is 0.497 e. The van der Waals surface area contributed by atoms with Crippen LogP contribution < -0.4 is 14.4 Å². The lowest BCUT2D eigenvalue weighted by Crippen LogP contribution is -2.30. The Hall–Kier alpha value is -3.53. The molecule has 32 heavy (non-hydrogen) atoms. The minimum atomic E-state index is -0.0859. The molecule has 1 aliphatic rings. The second-order valence-electron chi connectivity index (χ2n) is 8.63. The highest BCUT2D eigenvalue weighted by Gasteiger charge is 2.44. The van der Waals surface area contributed by atoms with Gasteiger partial charge < -0.3 is 14.4 Å². The molecule has 0 unspecified atom stereocenters. The number of allylic oxidation sites excluding steroid dienone is 1. The molecule has 164 valence electrons. The number of anilines is 2. The highest BCUT2D eigenvalue weighted by Crippen LogP contribution is 2.41. The van der Waals surface area contributed by atoms with Crippen LogP contribution in [0.15, 0.2) is 84.6 Å². The molecule has 0 bridgehead atoms. The van der Waals surface area contributed by atoms with Crippen molar-refractivity contribution in [3.8, 4) is 11.5 Å². The third-order valence-electron chi connectivity index (χ3n) is 6.26. The molecule has 1 heterocycles. The average Bonchev–Trinajstić information content (AvgIpc) is 3.03. The van der Waals surface area contributed by atoms with Gasteiger partial charge in [-0.2, -0.15) is 4.58 Å². The minimum absolute atomic E-state index is 0.0859. The van der Waals surface area contributed by atoms with E-state index in [1.807, 2.05) is 24.3 Å². The predicted molar refractivity (Wildman–Crippen MR) is 132 cm³/mol. The molecule has 4 heteroatoms. The average molecular weight is 428 g/mol. The number of nitrogens with zero attached hydrogens (tertiary/aromatic N) is 2. The van der Waals surface area contributed by atoms with Gasteiger partial charge in [-0.3, -0.25) is 0 Å². The molecule has 0 saturated heterocycles. The summed E-state index contributed by atoms with van der Waals surface area (Å²) in [6.45, 7) is 6.79. The third-order valence-corrected chi connectivity index (χ3v) is 6.26. The maximum atomic E-state index is 5.36. The number of hydrogen-bond donors (Lipinski definition) is 0. The smallest absolute Gasteiger partial charge is 0.209 e. The van der Waals surface area contributed by atoms with Crippen LogP contribution in [0.1, 0.15) is 26.3 Å². The van der Waals surface area contributed by atoms with Gasteiger partial charge in [0, 0.05) is 34.8 Å². The lowest BCUT2D eigenvalue weighted by molar-refractivity contribution is -0.402. The summed E-state index contributed by atoms with van der Waals surface area (Å²) >= 11 is 0. The lowest BCUT2D eigenvalue weighted by atomic mass is 9.79. The Labute approximate surface area is 191 Å². The van der Waals surface area contributed by atoms with Gasteiger partial charge in [-0.15, -0.1) is 0 Å². The first kappa shape index (κ1) is 21.7. The number of methoxy groups -OCH3 is 2. The second-order valence-corrected chi connectivity index (χ2v) is 8.63. The molecule has 0 atom stereocenters. The van der Waals surface area contributed by atoms with Crippen molar-refractivity contribution in [2.75, 3.05) is 26.2 Å². The van der Waals surface area contributed by atoms with E-state index >= 15 is 0 Å². The standard InChI is InChI=1S/C28H31N2O2/c1-20(27-28(2,3)25-9-7-8-10-26(25)29(27)4)19-30(21-11-15-23(31-5)16-12-21)22-13-17-24(32-6)18-14-22/h7-19H,1-6H3/q+1. The van der Waals surface area contributed by atoms with Gasteiger partial charge in [0.1, 0.15) is 18.5 Å². The van der Waals surface area contributed by atoms with Gasteiger partial charge in [0.25, 0.3) is 0 Å². The van der Waals surface area contributed by atoms with Gasteiger partial charge in [-0.1, -0.05) is 18.2 Å². The van der Waals surface area contributed by atoms with Gasteiger partial charge in [-0.05, 0) is 69.3 Å². The van der Waals surface area contributed by atoms with Crippen molar-refractivity contribution < 1.29 is 14.0 Å². The van der Waals surface area contributed by atoms with E-state index in [0.717, 1.165) is 22.9 Å². The summed E-state index contributed by atoms with van der Waals surface area (Å²) in [6, 6.07) is 24.9. The molecule has 0 aliphatic carbocycles. The van der Waals surface area contributed by atoms with Gasteiger partial charge in [0.15, 0.2) is 5.71 Å². The molecule has 0 aromatic heterocycles. The van der Waals surface area contributed by atoms with Crippen LogP contribution in [0.3, 0.4) is 0 Å². The Balaban J connectivity index is 1.81. The number of hydrogen-bond acceptors (Lipinski definition) is 3. The molecule has 0 amide bonds. The van der Waals surface area contributed by atoms with Crippen molar-refractivity contribution in [1.29, 1.82) is 0 Å². The molecular formula is C28H31N2O2+. The van der Waals surface area contributed by atoms with Crippen LogP contribution in [0.5, 0.6) is 11.5 Å². The summed E-state index contributed by atoms with van der Waals surface area (Å²) in [5.41, 5.74) is 7.16. The van der Waals surface area contributed by atoms with E-state index in [1.54, 1.807) is 14.2 Å². The van der Waals surface area contributed by atoms with E-state index in [0.29, 0.717) is 0 Å². The highest BCUT2D eigenvalue weighted by molar-refractivity contribution is 6.07. The molecule has 0 fully saturated rings. The van der Waals surface area contributed by atoms with Crippen molar-refractivity contribution >= 4 is 22.8 Å². The molecule has 4 rings (SSSR count). The number of fused-ring (bicyclic) bond motifs is 1. The monoisotopic (exact) mass is 427 g/mol. The van der Waals surface area contributed by atoms with Gasteiger partial charge in [-0.25, -0.2) is 0 Å². The molecule has 4 nitrogen and oxygen atoms in total. The van der Waals surface area contributed by atoms with E-state index in [1.165, 1.54) is 22.5 Å². The fourth-order valence-corrected chi connectivity index (χ4v) is 4.76. The molecule has 0 N–H and O–H groups in total. The topological polar surface area (TPSA) is 24.7 Å². The van der Waals surface area contributed by atoms with Crippen LogP contribution in [0.4, 0.5) is 17.1 Å². The Bertz CT molecular complexity index is 1130. The Morgan fingerprint density at radius 1 is 0.812 bits per heavy atom. The Kier molecular flexibility index (Phi) is 5.79. The fraction of sp³-hybridized carbons (Fsp3) is 0.250. The highest BCUT2D eigenvalue weighted by atomic mass is 16.5. The van der Waals surface area contributed by atoms with Crippen molar-refractivity contribution in [2.45, 2.75) is 26.2 Å². The van der Waals surface area contributed by atoms with E-state index in [-0.39, 0.29) is 5.41 Å². The summed E-state index contributed by atoms with van der Waals surface area (Å²) in [7, 11) is 5.53. The van der Waals surface area contributed by atoms with Crippen LogP contribution in [0, 0.1) is 0 Å². The maximum absolute atomic E-state index is 5.36. The Morgan fingerprint density at radius 2 is 1.31 bits per heavy atom. The van der Waals surface area contributed by atoms with Crippen molar-refractivity contribution in [3.05, 3.63) is 90.1 Å². The zero-order chi connectivity index (χ0) is 22.9. The molecule has 0 spiro atoms. The van der Waals surface area contributed by atoms with E-state index in [4.69, 9.17) is 9.47 Å². The first-order valence-electron chi connectivity index (χ1n) is 10.8. The number of benzene rings is 3. The van der Waals surface area contributed by atoms with Crippen LogP contribution >= 0.6 is 0 Å². The van der Waals surface area contributed by atoms with Crippen LogP contribution in [0.25, 0.3) is 0 Å². The fourth-order valence-electron chi connectivity index (χ4n) is 4.76. The summed E-state index contributed by atoms with van der Waals surface area (Å²) in [5.74, 6) is 1.68. The summed E-state index contributed by atoms with van der Waals surface area (Å²) in [6.07, 6.45) is 2.23. The van der Waals surface area contributed by atoms with E-state index < -0.39 is 0 Å². The zero-order valence-corrected chi connectivity index (χ0v) is 19.7. The first-order chi connectivity index (χ1) is 15.4. The van der Waals surface area contributed by atoms with Gasteiger partial charge in [0.05, 0.1) is 19.6 Å². The molecule has 1 aliphatic heterocycles. The Morgan fingerprint density at radius 3 is 1.78 bits per heavy atom. The quantitative estimate of drug-likeness (QED) is 0.423. The molecule has 0 saturated carbocycles. The molecular weight excluding hydrogens is 396 g/mol. The van der Waals surface area contributed by atoms with E-state index in [9.17, 15) is 0 Å². The second kappa shape index (κ2) is 8.54. The third kappa shape index (κ3) is 3.77. The SMILES string of the molecule is COc1ccc(N(C=C(C)C2=[N+](C)c3ccccc3C2(C)C)c2ccc(OC)cc2)cc1. The minimum Gasteiger partial charge on any atom is -0.497 e. The van der Waals surface area contributed by atoms with Crippen LogP contribution in [-0.4, -0.2) is 31.6 Å². The number of rotatable bonds is 6. The van der Waals surface area contributed by atoms with Crippen LogP contribution in [0.2, 0.25) is 0 Å². The van der Waals surface area contributed by atoms with Gasteiger partial charge >= 0.3 is 0 Å². The molecule has 3 aromatic rings. The summed E-state index contributed by atoms with van der Waals surface area (Å²) in [4.78, 5) is 2.22. The van der Waals surface area contributed by atoms with Crippen LogP contribution in [-0.2, 0) is 5.41 Å². The number of para-hydroxylation sites is 1. The van der Waals surface area contributed by atoms with Crippen molar-refractivity contribution in [3.63, 3.8) is 0 Å². The maximum Gasteiger partial charge on any atom is 0.209 e. The summed E-state index contributed by atoms with van der Waals surface area (Å²) in [5, 5.41) is 0. The summed E-state index contributed by atoms with van der Waals surface area (Å²) < 4.78 is 13.0. The lowest BCUT2D eigenvalue weighted by Gasteiger charge is -2.24.